The fourth-order valence-electron chi connectivity index (χ4n) is 1.71. The molecule has 6 heteroatoms. The zero-order valence-electron chi connectivity index (χ0n) is 10.2. The molecule has 0 unspecified atom stereocenters. The summed E-state index contributed by atoms with van der Waals surface area (Å²) in [7, 11) is 0. The van der Waals surface area contributed by atoms with Gasteiger partial charge in [-0.2, -0.15) is 0 Å². The van der Waals surface area contributed by atoms with E-state index in [1.165, 1.54) is 11.8 Å². The van der Waals surface area contributed by atoms with Crippen LogP contribution in [0.1, 0.15) is 16.8 Å². The van der Waals surface area contributed by atoms with E-state index in [1.54, 1.807) is 30.6 Å². The molecule has 0 aliphatic rings. The van der Waals surface area contributed by atoms with E-state index in [9.17, 15) is 9.59 Å². The van der Waals surface area contributed by atoms with Gasteiger partial charge in [-0.3, -0.25) is 14.2 Å². The van der Waals surface area contributed by atoms with Crippen molar-refractivity contribution >= 4 is 23.5 Å². The number of benzene rings is 1. The first-order valence-corrected chi connectivity index (χ1v) is 6.77. The molecule has 1 aromatic heterocycles. The smallest absolute Gasteiger partial charge is 0.311 e. The third-order valence-corrected chi connectivity index (χ3v) is 3.21. The molecule has 1 N–H and O–H groups in total. The first kappa shape index (κ1) is 13.4. The van der Waals surface area contributed by atoms with E-state index in [0.717, 1.165) is 10.8 Å². The number of ketones is 1. The summed E-state index contributed by atoms with van der Waals surface area (Å²) in [5.41, 5.74) is 1.18. The molecule has 0 saturated heterocycles. The number of aliphatic carboxylic acids is 1. The predicted molar refractivity (Wildman–Crippen MR) is 71.9 cm³/mol. The van der Waals surface area contributed by atoms with E-state index in [4.69, 9.17) is 5.11 Å². The maximum absolute atomic E-state index is 11.7. The van der Waals surface area contributed by atoms with Crippen LogP contribution < -0.4 is 0 Å². The molecule has 2 aromatic rings. The average molecular weight is 276 g/mol. The maximum Gasteiger partial charge on any atom is 0.311 e. The summed E-state index contributed by atoms with van der Waals surface area (Å²) >= 11 is 1.49. The summed E-state index contributed by atoms with van der Waals surface area (Å²) < 4.78 is 1.85. The van der Waals surface area contributed by atoms with Gasteiger partial charge in [0.05, 0.1) is 0 Å². The number of carbonyl (C=O) groups is 2. The van der Waals surface area contributed by atoms with Gasteiger partial charge in [-0.25, -0.2) is 4.98 Å². The summed E-state index contributed by atoms with van der Waals surface area (Å²) in [4.78, 5) is 26.5. The summed E-state index contributed by atoms with van der Waals surface area (Å²) in [6.07, 6.45) is 4.89. The number of carbonyl (C=O) groups excluding carboxylic acids is 1. The van der Waals surface area contributed by atoms with Gasteiger partial charge in [0.15, 0.2) is 10.9 Å². The Bertz CT molecular complexity index is 622. The summed E-state index contributed by atoms with van der Waals surface area (Å²) in [6.45, 7) is 0. The Hall–Kier alpha value is -2.08. The van der Waals surface area contributed by atoms with Crippen molar-refractivity contribution in [3.63, 3.8) is 0 Å². The van der Waals surface area contributed by atoms with E-state index in [1.807, 2.05) is 16.9 Å². The monoisotopic (exact) mass is 276 g/mol. The number of nitrogens with zero attached hydrogens (tertiary/aromatic N) is 2. The van der Waals surface area contributed by atoms with Crippen molar-refractivity contribution in [2.24, 2.45) is 0 Å². The Morgan fingerprint density at radius 2 is 2.21 bits per heavy atom. The van der Waals surface area contributed by atoms with E-state index >= 15 is 0 Å². The van der Waals surface area contributed by atoms with Crippen molar-refractivity contribution in [3.05, 3.63) is 42.2 Å². The molecule has 0 radical (unpaired) electrons. The van der Waals surface area contributed by atoms with Gasteiger partial charge in [-0.05, 0) is 18.4 Å². The highest BCUT2D eigenvalue weighted by Crippen LogP contribution is 2.19. The van der Waals surface area contributed by atoms with Crippen LogP contribution in [0.15, 0.2) is 41.8 Å². The number of hydrogen-bond acceptors (Lipinski definition) is 4. The predicted octanol–water partition coefficient (Wildman–Crippen LogP) is 2.25. The summed E-state index contributed by atoms with van der Waals surface area (Å²) in [6, 6.07) is 6.87. The molecule has 2 rings (SSSR count). The lowest BCUT2D eigenvalue weighted by molar-refractivity contribution is -0.135. The Kier molecular flexibility index (Phi) is 4.01. The number of thioether (sulfide) groups is 1. The minimum atomic E-state index is -1.12. The standard InChI is InChI=1S/C13H12N2O3S/c1-19-13-14-5-6-15(13)10-4-2-3-9(7-10)11(16)8-12(17)18/h2-7H,8H2,1H3,(H,17,18). The molecule has 1 heterocycles. The third-order valence-electron chi connectivity index (χ3n) is 2.55. The second kappa shape index (κ2) is 5.71. The van der Waals surface area contributed by atoms with Crippen molar-refractivity contribution < 1.29 is 14.7 Å². The van der Waals surface area contributed by atoms with Crippen LogP contribution in [0, 0.1) is 0 Å². The summed E-state index contributed by atoms with van der Waals surface area (Å²) in [5, 5.41) is 9.45. The molecule has 5 nitrogen and oxygen atoms in total. The Morgan fingerprint density at radius 3 is 2.89 bits per heavy atom. The molecular formula is C13H12N2O3S. The van der Waals surface area contributed by atoms with Crippen molar-refractivity contribution in [3.8, 4) is 5.69 Å². The Balaban J connectivity index is 2.34. The summed E-state index contributed by atoms with van der Waals surface area (Å²) in [5.74, 6) is -1.52. The Morgan fingerprint density at radius 1 is 1.42 bits per heavy atom. The molecule has 0 spiro atoms. The van der Waals surface area contributed by atoms with Crippen LogP contribution >= 0.6 is 11.8 Å². The molecule has 0 atom stereocenters. The second-order valence-corrected chi connectivity index (χ2v) is 4.60. The highest BCUT2D eigenvalue weighted by atomic mass is 32.2. The minimum Gasteiger partial charge on any atom is -0.481 e. The van der Waals surface area contributed by atoms with Crippen molar-refractivity contribution in [1.82, 2.24) is 9.55 Å². The van der Waals surface area contributed by atoms with Gasteiger partial charge in [-0.15, -0.1) is 0 Å². The second-order valence-electron chi connectivity index (χ2n) is 3.83. The lowest BCUT2D eigenvalue weighted by Gasteiger charge is -2.07. The van der Waals surface area contributed by atoms with Crippen LogP contribution in [0.2, 0.25) is 0 Å². The van der Waals surface area contributed by atoms with E-state index in [-0.39, 0.29) is 0 Å². The van der Waals surface area contributed by atoms with Crippen molar-refractivity contribution in [1.29, 1.82) is 0 Å². The molecule has 98 valence electrons. The number of rotatable bonds is 5. The van der Waals surface area contributed by atoms with Crippen LogP contribution in [0.5, 0.6) is 0 Å². The molecule has 0 aliphatic carbocycles. The molecule has 0 fully saturated rings. The van der Waals surface area contributed by atoms with Gasteiger partial charge in [0.25, 0.3) is 0 Å². The molecule has 0 saturated carbocycles. The van der Waals surface area contributed by atoms with Gasteiger partial charge in [0.1, 0.15) is 6.42 Å². The topological polar surface area (TPSA) is 72.2 Å². The van der Waals surface area contributed by atoms with Gasteiger partial charge < -0.3 is 5.11 Å². The van der Waals surface area contributed by atoms with Gasteiger partial charge in [0, 0.05) is 23.6 Å². The molecular weight excluding hydrogens is 264 g/mol. The van der Waals surface area contributed by atoms with E-state index in [2.05, 4.69) is 4.98 Å². The first-order chi connectivity index (χ1) is 9.11. The number of carboxylic acids is 1. The maximum atomic E-state index is 11.7. The number of hydrogen-bond donors (Lipinski definition) is 1. The fourth-order valence-corrected chi connectivity index (χ4v) is 2.24. The average Bonchev–Trinajstić information content (AvgIpc) is 2.86. The van der Waals surface area contributed by atoms with Crippen molar-refractivity contribution in [2.45, 2.75) is 11.6 Å². The highest BCUT2D eigenvalue weighted by Gasteiger charge is 2.12. The molecule has 19 heavy (non-hydrogen) atoms. The number of carboxylic acid groups (broad SMARTS) is 1. The highest BCUT2D eigenvalue weighted by molar-refractivity contribution is 7.98. The molecule has 0 aliphatic heterocycles. The number of Topliss-reactive ketones (excluding diaryl/α,β-unsaturated/α-hetero) is 1. The van der Waals surface area contributed by atoms with Gasteiger partial charge >= 0.3 is 5.97 Å². The Labute approximate surface area is 114 Å². The van der Waals surface area contributed by atoms with E-state index in [0.29, 0.717) is 5.56 Å². The fraction of sp³-hybridized carbons (Fsp3) is 0.154. The van der Waals surface area contributed by atoms with Crippen LogP contribution in [0.4, 0.5) is 0 Å². The lowest BCUT2D eigenvalue weighted by atomic mass is 10.1. The molecule has 1 aromatic carbocycles. The lowest BCUT2D eigenvalue weighted by Crippen LogP contribution is -2.07. The largest absolute Gasteiger partial charge is 0.481 e. The van der Waals surface area contributed by atoms with Crippen LogP contribution in [0.3, 0.4) is 0 Å². The zero-order valence-corrected chi connectivity index (χ0v) is 11.1. The minimum absolute atomic E-state index is 0.389. The van der Waals surface area contributed by atoms with Gasteiger partial charge in [0.2, 0.25) is 0 Å². The van der Waals surface area contributed by atoms with Crippen LogP contribution in [-0.2, 0) is 4.79 Å². The normalized spacial score (nSPS) is 10.4. The zero-order chi connectivity index (χ0) is 13.8. The molecule has 0 amide bonds. The SMILES string of the molecule is CSc1nccn1-c1cccc(C(=O)CC(=O)O)c1. The molecule has 0 bridgehead atoms. The van der Waals surface area contributed by atoms with Crippen molar-refractivity contribution in [2.75, 3.05) is 6.26 Å². The quantitative estimate of drug-likeness (QED) is 0.515. The third kappa shape index (κ3) is 3.03. The number of imidazole rings is 1. The first-order valence-electron chi connectivity index (χ1n) is 5.54. The van der Waals surface area contributed by atoms with Crippen LogP contribution in [-0.4, -0.2) is 32.7 Å². The van der Waals surface area contributed by atoms with E-state index < -0.39 is 18.2 Å². The van der Waals surface area contributed by atoms with Crippen LogP contribution in [0.25, 0.3) is 5.69 Å². The number of aromatic nitrogens is 2. The van der Waals surface area contributed by atoms with Gasteiger partial charge in [-0.1, -0.05) is 23.9 Å².